The van der Waals surface area contributed by atoms with Gasteiger partial charge in [0.1, 0.15) is 0 Å². The maximum atomic E-state index is 12.6. The summed E-state index contributed by atoms with van der Waals surface area (Å²) in [5, 5.41) is 0.594. The number of aryl methyl sites for hydroxylation is 1. The van der Waals surface area contributed by atoms with Crippen molar-refractivity contribution in [2.45, 2.75) is 18.9 Å². The second kappa shape index (κ2) is 5.29. The summed E-state index contributed by atoms with van der Waals surface area (Å²) in [6.07, 6.45) is 2.02. The summed E-state index contributed by atoms with van der Waals surface area (Å²) in [6, 6.07) is 15.6. The monoisotopic (exact) mass is 285 g/mol. The van der Waals surface area contributed by atoms with Crippen molar-refractivity contribution in [1.29, 1.82) is 0 Å². The first-order chi connectivity index (χ1) is 9.66. The van der Waals surface area contributed by atoms with Crippen LogP contribution in [0.5, 0.6) is 0 Å². The number of halogens is 1. The van der Waals surface area contributed by atoms with Crippen LogP contribution >= 0.6 is 11.6 Å². The van der Waals surface area contributed by atoms with Crippen molar-refractivity contribution in [1.82, 2.24) is 4.90 Å². The van der Waals surface area contributed by atoms with Crippen LogP contribution in [0.4, 0.5) is 0 Å². The van der Waals surface area contributed by atoms with Gasteiger partial charge in [0.2, 0.25) is 0 Å². The predicted octanol–water partition coefficient (Wildman–Crippen LogP) is 4.10. The van der Waals surface area contributed by atoms with Crippen molar-refractivity contribution in [3.8, 4) is 0 Å². The molecule has 3 heteroatoms. The SMILES string of the molecule is CN(C(=O)c1cccc(Cl)c1)[C@@H]1CCc2ccccc21. The Morgan fingerprint density at radius 3 is 2.80 bits per heavy atom. The lowest BCUT2D eigenvalue weighted by Crippen LogP contribution is -2.30. The van der Waals surface area contributed by atoms with Crippen molar-refractivity contribution in [2.24, 2.45) is 0 Å². The Bertz CT molecular complexity index is 653. The standard InChI is InChI=1S/C17H16ClNO/c1-19(17(20)13-6-4-7-14(18)11-13)16-10-9-12-5-2-3-8-15(12)16/h2-8,11,16H,9-10H2,1H3/t16-/m1/s1. The molecule has 2 aromatic carbocycles. The van der Waals surface area contributed by atoms with E-state index in [9.17, 15) is 4.79 Å². The minimum Gasteiger partial charge on any atom is -0.335 e. The van der Waals surface area contributed by atoms with Crippen molar-refractivity contribution >= 4 is 17.5 Å². The van der Waals surface area contributed by atoms with E-state index in [1.807, 2.05) is 30.1 Å². The highest BCUT2D eigenvalue weighted by molar-refractivity contribution is 6.30. The molecule has 0 radical (unpaired) electrons. The zero-order valence-corrected chi connectivity index (χ0v) is 12.1. The average molecular weight is 286 g/mol. The molecule has 0 fully saturated rings. The molecule has 20 heavy (non-hydrogen) atoms. The molecule has 0 N–H and O–H groups in total. The topological polar surface area (TPSA) is 20.3 Å². The molecule has 3 rings (SSSR count). The smallest absolute Gasteiger partial charge is 0.254 e. The molecule has 2 aromatic rings. The molecule has 0 spiro atoms. The van der Waals surface area contributed by atoms with Gasteiger partial charge < -0.3 is 4.90 Å². The largest absolute Gasteiger partial charge is 0.335 e. The fourth-order valence-corrected chi connectivity index (χ4v) is 3.09. The van der Waals surface area contributed by atoms with E-state index in [0.717, 1.165) is 12.8 Å². The molecular weight excluding hydrogens is 270 g/mol. The van der Waals surface area contributed by atoms with Crippen LogP contribution in [0, 0.1) is 0 Å². The molecule has 0 bridgehead atoms. The van der Waals surface area contributed by atoms with Gasteiger partial charge in [0.15, 0.2) is 0 Å². The molecule has 102 valence electrons. The van der Waals surface area contributed by atoms with Crippen LogP contribution in [0.3, 0.4) is 0 Å². The highest BCUT2D eigenvalue weighted by Crippen LogP contribution is 2.35. The highest BCUT2D eigenvalue weighted by atomic mass is 35.5. The van der Waals surface area contributed by atoms with Crippen LogP contribution in [-0.2, 0) is 6.42 Å². The minimum atomic E-state index is 0.0224. The Morgan fingerprint density at radius 2 is 2.00 bits per heavy atom. The molecule has 1 aliphatic rings. The highest BCUT2D eigenvalue weighted by Gasteiger charge is 2.28. The first-order valence-corrected chi connectivity index (χ1v) is 7.15. The van der Waals surface area contributed by atoms with E-state index in [-0.39, 0.29) is 11.9 Å². The van der Waals surface area contributed by atoms with Gasteiger partial charge in [-0.15, -0.1) is 0 Å². The summed E-state index contributed by atoms with van der Waals surface area (Å²) in [5.74, 6) is 0.0224. The van der Waals surface area contributed by atoms with Gasteiger partial charge in [-0.3, -0.25) is 4.79 Å². The van der Waals surface area contributed by atoms with Crippen LogP contribution in [-0.4, -0.2) is 17.9 Å². The van der Waals surface area contributed by atoms with E-state index < -0.39 is 0 Å². The zero-order chi connectivity index (χ0) is 14.1. The van der Waals surface area contributed by atoms with E-state index in [2.05, 4.69) is 18.2 Å². The molecule has 0 heterocycles. The van der Waals surface area contributed by atoms with Gasteiger partial charge in [-0.1, -0.05) is 41.9 Å². The molecule has 0 aromatic heterocycles. The molecule has 0 unspecified atom stereocenters. The van der Waals surface area contributed by atoms with Gasteiger partial charge in [-0.25, -0.2) is 0 Å². The first-order valence-electron chi connectivity index (χ1n) is 6.77. The molecule has 1 aliphatic carbocycles. The number of amides is 1. The molecule has 0 aliphatic heterocycles. The quantitative estimate of drug-likeness (QED) is 0.813. The molecule has 0 saturated heterocycles. The first kappa shape index (κ1) is 13.2. The summed E-state index contributed by atoms with van der Waals surface area (Å²) in [7, 11) is 1.87. The van der Waals surface area contributed by atoms with Crippen molar-refractivity contribution < 1.29 is 4.79 Å². The van der Waals surface area contributed by atoms with E-state index in [1.54, 1.807) is 12.1 Å². The Hall–Kier alpha value is -1.80. The second-order valence-electron chi connectivity index (χ2n) is 5.18. The Morgan fingerprint density at radius 1 is 1.20 bits per heavy atom. The third-order valence-electron chi connectivity index (χ3n) is 3.96. The van der Waals surface area contributed by atoms with Gasteiger partial charge in [0, 0.05) is 17.6 Å². The number of carbonyl (C=O) groups excluding carboxylic acids is 1. The Balaban J connectivity index is 1.87. The molecule has 1 amide bonds. The summed E-state index contributed by atoms with van der Waals surface area (Å²) < 4.78 is 0. The molecular formula is C17H16ClNO. The number of nitrogens with zero attached hydrogens (tertiary/aromatic N) is 1. The van der Waals surface area contributed by atoms with E-state index in [4.69, 9.17) is 11.6 Å². The Labute approximate surface area is 124 Å². The van der Waals surface area contributed by atoms with Crippen molar-refractivity contribution in [3.63, 3.8) is 0 Å². The summed E-state index contributed by atoms with van der Waals surface area (Å²) in [4.78, 5) is 14.4. The predicted molar refractivity (Wildman–Crippen MR) is 81.0 cm³/mol. The van der Waals surface area contributed by atoms with Crippen LogP contribution in [0.1, 0.15) is 33.9 Å². The minimum absolute atomic E-state index is 0.0224. The summed E-state index contributed by atoms with van der Waals surface area (Å²) in [6.45, 7) is 0. The molecule has 0 saturated carbocycles. The summed E-state index contributed by atoms with van der Waals surface area (Å²) >= 11 is 5.96. The van der Waals surface area contributed by atoms with Crippen LogP contribution in [0.2, 0.25) is 5.02 Å². The van der Waals surface area contributed by atoms with E-state index in [1.165, 1.54) is 11.1 Å². The van der Waals surface area contributed by atoms with Gasteiger partial charge in [0.05, 0.1) is 6.04 Å². The number of hydrogen-bond donors (Lipinski definition) is 0. The van der Waals surface area contributed by atoms with Gasteiger partial charge in [-0.2, -0.15) is 0 Å². The maximum Gasteiger partial charge on any atom is 0.254 e. The van der Waals surface area contributed by atoms with Gasteiger partial charge in [-0.05, 0) is 42.2 Å². The van der Waals surface area contributed by atoms with Gasteiger partial charge in [0.25, 0.3) is 5.91 Å². The zero-order valence-electron chi connectivity index (χ0n) is 11.3. The summed E-state index contributed by atoms with van der Waals surface area (Å²) in [5.41, 5.74) is 3.26. The maximum absolute atomic E-state index is 12.6. The lowest BCUT2D eigenvalue weighted by molar-refractivity contribution is 0.0730. The van der Waals surface area contributed by atoms with E-state index >= 15 is 0 Å². The number of rotatable bonds is 2. The average Bonchev–Trinajstić information content (AvgIpc) is 2.89. The third-order valence-corrected chi connectivity index (χ3v) is 4.20. The van der Waals surface area contributed by atoms with Crippen LogP contribution < -0.4 is 0 Å². The van der Waals surface area contributed by atoms with Crippen LogP contribution in [0.15, 0.2) is 48.5 Å². The van der Waals surface area contributed by atoms with E-state index in [0.29, 0.717) is 10.6 Å². The fourth-order valence-electron chi connectivity index (χ4n) is 2.90. The van der Waals surface area contributed by atoms with Crippen LogP contribution in [0.25, 0.3) is 0 Å². The lowest BCUT2D eigenvalue weighted by atomic mass is 10.1. The molecule has 2 nitrogen and oxygen atoms in total. The number of fused-ring (bicyclic) bond motifs is 1. The fraction of sp³-hybridized carbons (Fsp3) is 0.235. The second-order valence-corrected chi connectivity index (χ2v) is 5.62. The number of carbonyl (C=O) groups is 1. The number of benzene rings is 2. The normalized spacial score (nSPS) is 16.8. The Kier molecular flexibility index (Phi) is 3.49. The molecule has 1 atom stereocenters. The van der Waals surface area contributed by atoms with Gasteiger partial charge >= 0.3 is 0 Å². The third kappa shape index (κ3) is 2.32. The lowest BCUT2D eigenvalue weighted by Gasteiger charge is -2.25. The number of hydrogen-bond acceptors (Lipinski definition) is 1. The van der Waals surface area contributed by atoms with Crippen molar-refractivity contribution in [3.05, 3.63) is 70.2 Å². The van der Waals surface area contributed by atoms with Crippen molar-refractivity contribution in [2.75, 3.05) is 7.05 Å².